The normalized spacial score (nSPS) is 19.3. The van der Waals surface area contributed by atoms with E-state index in [1.807, 2.05) is 0 Å². The number of Topliss-reactive ketones (excluding diaryl/α,β-unsaturated/α-hetero) is 1. The van der Waals surface area contributed by atoms with Crippen LogP contribution in [-0.2, 0) is 11.2 Å². The SMILES string of the molecule is CCN(CC)C1CCN(CC(=O)Cc2ccccc2F)C1. The molecule has 116 valence electrons. The van der Waals surface area contributed by atoms with Crippen molar-refractivity contribution in [2.24, 2.45) is 0 Å². The van der Waals surface area contributed by atoms with E-state index in [1.165, 1.54) is 6.07 Å². The first-order chi connectivity index (χ1) is 10.1. The fourth-order valence-electron chi connectivity index (χ4n) is 3.15. The molecule has 0 saturated carbocycles. The largest absolute Gasteiger partial charge is 0.300 e. The van der Waals surface area contributed by atoms with Crippen molar-refractivity contribution in [3.05, 3.63) is 35.6 Å². The van der Waals surface area contributed by atoms with Gasteiger partial charge in [0.25, 0.3) is 0 Å². The van der Waals surface area contributed by atoms with Crippen LogP contribution in [0.4, 0.5) is 4.39 Å². The van der Waals surface area contributed by atoms with E-state index in [0.717, 1.165) is 32.6 Å². The molecule has 1 aliphatic heterocycles. The third-order valence-corrected chi connectivity index (χ3v) is 4.32. The van der Waals surface area contributed by atoms with Gasteiger partial charge in [0.05, 0.1) is 6.54 Å². The van der Waals surface area contributed by atoms with Gasteiger partial charge in [0.15, 0.2) is 5.78 Å². The lowest BCUT2D eigenvalue weighted by atomic mass is 10.1. The number of carbonyl (C=O) groups is 1. The molecule has 0 bridgehead atoms. The molecule has 1 saturated heterocycles. The van der Waals surface area contributed by atoms with Crippen LogP contribution in [0.3, 0.4) is 0 Å². The molecule has 0 spiro atoms. The van der Waals surface area contributed by atoms with Gasteiger partial charge in [0, 0.05) is 25.6 Å². The molecule has 0 aliphatic carbocycles. The molecule has 1 aliphatic rings. The Labute approximate surface area is 126 Å². The third-order valence-electron chi connectivity index (χ3n) is 4.32. The molecule has 0 radical (unpaired) electrons. The maximum Gasteiger partial charge on any atom is 0.151 e. The van der Waals surface area contributed by atoms with E-state index < -0.39 is 0 Å². The molecule has 0 amide bonds. The number of carbonyl (C=O) groups excluding carboxylic acids is 1. The predicted molar refractivity (Wildman–Crippen MR) is 82.9 cm³/mol. The van der Waals surface area contributed by atoms with E-state index in [1.54, 1.807) is 18.2 Å². The predicted octanol–water partition coefficient (Wildman–Crippen LogP) is 2.35. The highest BCUT2D eigenvalue weighted by Crippen LogP contribution is 2.16. The van der Waals surface area contributed by atoms with E-state index in [4.69, 9.17) is 0 Å². The number of likely N-dealkylation sites (tertiary alicyclic amines) is 1. The van der Waals surface area contributed by atoms with Gasteiger partial charge in [-0.05, 0) is 31.1 Å². The summed E-state index contributed by atoms with van der Waals surface area (Å²) in [6.45, 7) is 8.81. The van der Waals surface area contributed by atoms with Gasteiger partial charge in [-0.1, -0.05) is 32.0 Å². The van der Waals surface area contributed by atoms with Crippen LogP contribution >= 0.6 is 0 Å². The van der Waals surface area contributed by atoms with Crippen molar-refractivity contribution in [2.45, 2.75) is 32.7 Å². The maximum atomic E-state index is 13.6. The van der Waals surface area contributed by atoms with Gasteiger partial charge in [-0.3, -0.25) is 14.6 Å². The fourth-order valence-corrected chi connectivity index (χ4v) is 3.15. The molecule has 4 heteroatoms. The summed E-state index contributed by atoms with van der Waals surface area (Å²) in [6.07, 6.45) is 1.31. The van der Waals surface area contributed by atoms with Crippen molar-refractivity contribution in [1.29, 1.82) is 0 Å². The summed E-state index contributed by atoms with van der Waals surface area (Å²) in [7, 11) is 0. The quantitative estimate of drug-likeness (QED) is 0.771. The summed E-state index contributed by atoms with van der Waals surface area (Å²) in [5.74, 6) is -0.186. The molecule has 1 aromatic rings. The third kappa shape index (κ3) is 4.35. The van der Waals surface area contributed by atoms with E-state index in [0.29, 0.717) is 18.2 Å². The van der Waals surface area contributed by atoms with Crippen LogP contribution in [0.25, 0.3) is 0 Å². The number of halogens is 1. The molecule has 1 unspecified atom stereocenters. The van der Waals surface area contributed by atoms with Crippen LogP contribution in [0.5, 0.6) is 0 Å². The number of likely N-dealkylation sites (N-methyl/N-ethyl adjacent to an activating group) is 1. The first-order valence-electron chi connectivity index (χ1n) is 7.85. The van der Waals surface area contributed by atoms with E-state index in [9.17, 15) is 9.18 Å². The van der Waals surface area contributed by atoms with Crippen LogP contribution in [0.15, 0.2) is 24.3 Å². The van der Waals surface area contributed by atoms with Crippen molar-refractivity contribution in [1.82, 2.24) is 9.80 Å². The first kappa shape index (κ1) is 16.1. The van der Waals surface area contributed by atoms with Gasteiger partial charge in [0.2, 0.25) is 0 Å². The lowest BCUT2D eigenvalue weighted by Crippen LogP contribution is -2.38. The van der Waals surface area contributed by atoms with Crippen LogP contribution in [-0.4, -0.2) is 54.3 Å². The van der Waals surface area contributed by atoms with Crippen molar-refractivity contribution in [3.8, 4) is 0 Å². The molecule has 21 heavy (non-hydrogen) atoms. The van der Waals surface area contributed by atoms with Crippen molar-refractivity contribution in [2.75, 3.05) is 32.7 Å². The number of hydrogen-bond acceptors (Lipinski definition) is 3. The lowest BCUT2D eigenvalue weighted by Gasteiger charge is -2.26. The van der Waals surface area contributed by atoms with E-state index in [-0.39, 0.29) is 18.0 Å². The second-order valence-electron chi connectivity index (χ2n) is 5.71. The minimum Gasteiger partial charge on any atom is -0.300 e. The smallest absolute Gasteiger partial charge is 0.151 e. The average molecular weight is 292 g/mol. The molecule has 0 N–H and O–H groups in total. The van der Waals surface area contributed by atoms with Gasteiger partial charge in [0.1, 0.15) is 5.82 Å². The summed E-state index contributed by atoms with van der Waals surface area (Å²) in [4.78, 5) is 16.8. The Balaban J connectivity index is 1.83. The van der Waals surface area contributed by atoms with Crippen molar-refractivity contribution < 1.29 is 9.18 Å². The average Bonchev–Trinajstić information content (AvgIpc) is 2.91. The number of nitrogens with zero attached hydrogens (tertiary/aromatic N) is 2. The molecule has 1 atom stereocenters. The highest BCUT2D eigenvalue weighted by atomic mass is 19.1. The van der Waals surface area contributed by atoms with Crippen LogP contribution in [0.2, 0.25) is 0 Å². The van der Waals surface area contributed by atoms with Gasteiger partial charge in [-0.25, -0.2) is 4.39 Å². The summed E-state index contributed by atoms with van der Waals surface area (Å²) in [6, 6.07) is 7.09. The Bertz CT molecular complexity index is 474. The fraction of sp³-hybridized carbons (Fsp3) is 0.588. The van der Waals surface area contributed by atoms with Crippen LogP contribution in [0.1, 0.15) is 25.8 Å². The molecular formula is C17H25FN2O. The number of benzene rings is 1. The van der Waals surface area contributed by atoms with Gasteiger partial charge < -0.3 is 0 Å². The monoisotopic (exact) mass is 292 g/mol. The van der Waals surface area contributed by atoms with Gasteiger partial charge in [-0.2, -0.15) is 0 Å². The standard InChI is InChI=1S/C17H25FN2O/c1-3-20(4-2)15-9-10-19(12-15)13-16(21)11-14-7-5-6-8-17(14)18/h5-8,15H,3-4,9-13H2,1-2H3. The molecule has 2 rings (SSSR count). The topological polar surface area (TPSA) is 23.6 Å². The number of rotatable bonds is 7. The van der Waals surface area contributed by atoms with Crippen LogP contribution in [0, 0.1) is 5.82 Å². The zero-order valence-corrected chi connectivity index (χ0v) is 13.0. The molecule has 1 fully saturated rings. The number of hydrogen-bond donors (Lipinski definition) is 0. The van der Waals surface area contributed by atoms with Gasteiger partial charge >= 0.3 is 0 Å². The second-order valence-corrected chi connectivity index (χ2v) is 5.71. The molecular weight excluding hydrogens is 267 g/mol. The second kappa shape index (κ2) is 7.66. The summed E-state index contributed by atoms with van der Waals surface area (Å²) < 4.78 is 13.6. The zero-order chi connectivity index (χ0) is 15.2. The molecule has 1 heterocycles. The summed E-state index contributed by atoms with van der Waals surface area (Å²) in [5, 5.41) is 0. The minimum absolute atomic E-state index is 0.0975. The summed E-state index contributed by atoms with van der Waals surface area (Å²) >= 11 is 0. The first-order valence-corrected chi connectivity index (χ1v) is 7.85. The highest BCUT2D eigenvalue weighted by Gasteiger charge is 2.27. The van der Waals surface area contributed by atoms with Crippen LogP contribution < -0.4 is 0 Å². The Morgan fingerprint density at radius 1 is 1.33 bits per heavy atom. The van der Waals surface area contributed by atoms with E-state index in [2.05, 4.69) is 23.6 Å². The maximum absolute atomic E-state index is 13.6. The molecule has 3 nitrogen and oxygen atoms in total. The van der Waals surface area contributed by atoms with Gasteiger partial charge in [-0.15, -0.1) is 0 Å². The lowest BCUT2D eigenvalue weighted by molar-refractivity contribution is -0.119. The Hall–Kier alpha value is -1.26. The Morgan fingerprint density at radius 3 is 2.71 bits per heavy atom. The van der Waals surface area contributed by atoms with Crippen molar-refractivity contribution >= 4 is 5.78 Å². The zero-order valence-electron chi connectivity index (χ0n) is 13.0. The molecule has 0 aromatic heterocycles. The number of ketones is 1. The van der Waals surface area contributed by atoms with Crippen molar-refractivity contribution in [3.63, 3.8) is 0 Å². The Kier molecular flexibility index (Phi) is 5.88. The summed E-state index contributed by atoms with van der Waals surface area (Å²) in [5.41, 5.74) is 0.502. The Morgan fingerprint density at radius 2 is 2.05 bits per heavy atom. The minimum atomic E-state index is -0.284. The molecule has 1 aromatic carbocycles. The van der Waals surface area contributed by atoms with E-state index >= 15 is 0 Å². The highest BCUT2D eigenvalue weighted by molar-refractivity contribution is 5.82.